The van der Waals surface area contributed by atoms with E-state index in [9.17, 15) is 22.8 Å². The van der Waals surface area contributed by atoms with Gasteiger partial charge in [0.25, 0.3) is 0 Å². The molecule has 0 radical (unpaired) electrons. The predicted molar refractivity (Wildman–Crippen MR) is 133 cm³/mol. The van der Waals surface area contributed by atoms with E-state index in [-0.39, 0.29) is 25.2 Å². The van der Waals surface area contributed by atoms with Crippen LogP contribution in [-0.4, -0.2) is 42.4 Å². The molecule has 1 amide bonds. The van der Waals surface area contributed by atoms with Crippen molar-refractivity contribution >= 4 is 11.7 Å². The standard InChI is InChI=1S/C29H29F3N2O2/c30-29(31,32)28(36)34(27(22-8-3-1-4-9-22)23-10-5-2-6-11-23)19-7-12-26(35)25-14-13-21-15-17-33-18-16-24(21)20-25/h1-6,8-11,13-14,20,27,33H,7,12,15-19H2. The third-order valence-corrected chi connectivity index (χ3v) is 6.52. The van der Waals surface area contributed by atoms with Gasteiger partial charge in [0.2, 0.25) is 0 Å². The summed E-state index contributed by atoms with van der Waals surface area (Å²) in [7, 11) is 0. The lowest BCUT2D eigenvalue weighted by Gasteiger charge is -2.33. The molecule has 3 aromatic rings. The Hall–Kier alpha value is -3.45. The summed E-state index contributed by atoms with van der Waals surface area (Å²) in [5.41, 5.74) is 4.06. The summed E-state index contributed by atoms with van der Waals surface area (Å²) < 4.78 is 41.0. The monoisotopic (exact) mass is 494 g/mol. The number of nitrogens with one attached hydrogen (secondary N) is 1. The molecular formula is C29H29F3N2O2. The number of halogens is 3. The molecule has 0 fully saturated rings. The molecule has 0 atom stereocenters. The highest BCUT2D eigenvalue weighted by atomic mass is 19.4. The highest BCUT2D eigenvalue weighted by Crippen LogP contribution is 2.33. The van der Waals surface area contributed by atoms with Crippen LogP contribution in [0.15, 0.2) is 78.9 Å². The van der Waals surface area contributed by atoms with Crippen LogP contribution in [0.4, 0.5) is 13.2 Å². The Kier molecular flexibility index (Phi) is 8.21. The van der Waals surface area contributed by atoms with Crippen molar-refractivity contribution in [2.45, 2.75) is 37.9 Å². The van der Waals surface area contributed by atoms with E-state index in [1.165, 1.54) is 5.56 Å². The summed E-state index contributed by atoms with van der Waals surface area (Å²) >= 11 is 0. The van der Waals surface area contributed by atoms with Crippen LogP contribution < -0.4 is 5.32 Å². The Bertz CT molecular complexity index is 1140. The number of carbonyl (C=O) groups excluding carboxylic acids is 2. The first-order valence-electron chi connectivity index (χ1n) is 12.2. The van der Waals surface area contributed by atoms with Crippen LogP contribution in [0.1, 0.15) is 51.5 Å². The van der Waals surface area contributed by atoms with Crippen LogP contribution in [0, 0.1) is 0 Å². The molecular weight excluding hydrogens is 465 g/mol. The number of ketones is 1. The molecule has 0 bridgehead atoms. The van der Waals surface area contributed by atoms with Gasteiger partial charge in [0.1, 0.15) is 0 Å². The van der Waals surface area contributed by atoms with Crippen LogP contribution in [0.2, 0.25) is 0 Å². The van der Waals surface area contributed by atoms with E-state index in [1.54, 1.807) is 66.7 Å². The zero-order chi connectivity index (χ0) is 25.5. The molecule has 36 heavy (non-hydrogen) atoms. The minimum Gasteiger partial charge on any atom is -0.324 e. The molecule has 4 nitrogen and oxygen atoms in total. The van der Waals surface area contributed by atoms with Gasteiger partial charge in [0.05, 0.1) is 6.04 Å². The number of amides is 1. The van der Waals surface area contributed by atoms with Crippen molar-refractivity contribution in [1.82, 2.24) is 10.2 Å². The number of benzene rings is 3. The van der Waals surface area contributed by atoms with E-state index in [1.807, 2.05) is 12.1 Å². The van der Waals surface area contributed by atoms with Crippen LogP contribution in [0.5, 0.6) is 0 Å². The second kappa shape index (κ2) is 11.5. The van der Waals surface area contributed by atoms with Gasteiger partial charge in [-0.25, -0.2) is 0 Å². The van der Waals surface area contributed by atoms with Crippen molar-refractivity contribution in [3.63, 3.8) is 0 Å². The molecule has 1 N–H and O–H groups in total. The van der Waals surface area contributed by atoms with Gasteiger partial charge < -0.3 is 10.2 Å². The van der Waals surface area contributed by atoms with Crippen LogP contribution in [0.25, 0.3) is 0 Å². The molecule has 1 aliphatic heterocycles. The fourth-order valence-electron chi connectivity index (χ4n) is 4.74. The third-order valence-electron chi connectivity index (χ3n) is 6.52. The average Bonchev–Trinajstić information content (AvgIpc) is 3.13. The minimum atomic E-state index is -5.03. The summed E-state index contributed by atoms with van der Waals surface area (Å²) in [5.74, 6) is -2.05. The fraction of sp³-hybridized carbons (Fsp3) is 0.310. The maximum absolute atomic E-state index is 13.7. The van der Waals surface area contributed by atoms with Gasteiger partial charge in [-0.15, -0.1) is 0 Å². The number of Topliss-reactive ketones (excluding diaryl/α,β-unsaturated/α-hetero) is 1. The van der Waals surface area contributed by atoms with E-state index < -0.39 is 18.1 Å². The molecule has 1 aliphatic rings. The lowest BCUT2D eigenvalue weighted by molar-refractivity contribution is -0.187. The van der Waals surface area contributed by atoms with Gasteiger partial charge in [-0.05, 0) is 60.7 Å². The van der Waals surface area contributed by atoms with Crippen molar-refractivity contribution in [2.75, 3.05) is 19.6 Å². The maximum Gasteiger partial charge on any atom is 0.471 e. The quantitative estimate of drug-likeness (QED) is 0.420. The van der Waals surface area contributed by atoms with Crippen molar-refractivity contribution in [3.8, 4) is 0 Å². The Morgan fingerprint density at radius 2 is 1.42 bits per heavy atom. The third kappa shape index (κ3) is 6.21. The molecule has 1 heterocycles. The Morgan fingerprint density at radius 3 is 2.00 bits per heavy atom. The first kappa shape index (κ1) is 25.6. The van der Waals surface area contributed by atoms with Crippen molar-refractivity contribution in [2.24, 2.45) is 0 Å². The normalized spacial score (nSPS) is 13.7. The van der Waals surface area contributed by atoms with Crippen molar-refractivity contribution in [3.05, 3.63) is 107 Å². The summed E-state index contributed by atoms with van der Waals surface area (Å²) in [5, 5.41) is 3.34. The van der Waals surface area contributed by atoms with E-state index >= 15 is 0 Å². The van der Waals surface area contributed by atoms with Gasteiger partial charge in [-0.3, -0.25) is 9.59 Å². The first-order valence-corrected chi connectivity index (χ1v) is 12.2. The van der Waals surface area contributed by atoms with Gasteiger partial charge in [-0.1, -0.05) is 72.8 Å². The van der Waals surface area contributed by atoms with Crippen LogP contribution in [0.3, 0.4) is 0 Å². The number of fused-ring (bicyclic) bond motifs is 1. The number of hydrogen-bond acceptors (Lipinski definition) is 3. The van der Waals surface area contributed by atoms with Gasteiger partial charge in [0, 0.05) is 18.5 Å². The number of carbonyl (C=O) groups is 2. The van der Waals surface area contributed by atoms with Crippen molar-refractivity contribution in [1.29, 1.82) is 0 Å². The van der Waals surface area contributed by atoms with Gasteiger partial charge in [-0.2, -0.15) is 13.2 Å². The van der Waals surface area contributed by atoms with Crippen LogP contribution in [-0.2, 0) is 17.6 Å². The highest BCUT2D eigenvalue weighted by Gasteiger charge is 2.45. The molecule has 0 aromatic heterocycles. The summed E-state index contributed by atoms with van der Waals surface area (Å²) in [6.07, 6.45) is -3.12. The molecule has 0 saturated heterocycles. The fourth-order valence-corrected chi connectivity index (χ4v) is 4.74. The highest BCUT2D eigenvalue weighted by molar-refractivity contribution is 5.96. The summed E-state index contributed by atoms with van der Waals surface area (Å²) in [4.78, 5) is 26.4. The topological polar surface area (TPSA) is 49.4 Å². The van der Waals surface area contributed by atoms with E-state index in [0.717, 1.165) is 36.4 Å². The summed E-state index contributed by atoms with van der Waals surface area (Å²) in [6.45, 7) is 1.54. The first-order chi connectivity index (χ1) is 17.3. The van der Waals surface area contributed by atoms with Gasteiger partial charge >= 0.3 is 12.1 Å². The molecule has 0 spiro atoms. The molecule has 188 valence electrons. The lowest BCUT2D eigenvalue weighted by atomic mass is 9.95. The average molecular weight is 495 g/mol. The molecule has 0 saturated carbocycles. The number of rotatable bonds is 8. The zero-order valence-corrected chi connectivity index (χ0v) is 19.9. The Morgan fingerprint density at radius 1 is 0.833 bits per heavy atom. The van der Waals surface area contributed by atoms with Crippen LogP contribution >= 0.6 is 0 Å². The SMILES string of the molecule is O=C(CCCN(C(=O)C(F)(F)F)C(c1ccccc1)c1ccccc1)c1ccc2c(c1)CCNCC2. The molecule has 4 rings (SSSR count). The maximum atomic E-state index is 13.7. The van der Waals surface area contributed by atoms with E-state index in [2.05, 4.69) is 5.32 Å². The van der Waals surface area contributed by atoms with Crippen molar-refractivity contribution < 1.29 is 22.8 Å². The largest absolute Gasteiger partial charge is 0.471 e. The Labute approximate surface area is 209 Å². The lowest BCUT2D eigenvalue weighted by Crippen LogP contribution is -2.44. The summed E-state index contributed by atoms with van der Waals surface area (Å²) in [6, 6.07) is 22.1. The van der Waals surface area contributed by atoms with E-state index in [4.69, 9.17) is 0 Å². The minimum absolute atomic E-state index is 0.0506. The molecule has 3 aromatic carbocycles. The second-order valence-electron chi connectivity index (χ2n) is 8.98. The Balaban J connectivity index is 1.55. The molecule has 0 unspecified atom stereocenters. The second-order valence-corrected chi connectivity index (χ2v) is 8.98. The number of hydrogen-bond donors (Lipinski definition) is 1. The van der Waals surface area contributed by atoms with Gasteiger partial charge in [0.15, 0.2) is 5.78 Å². The predicted octanol–water partition coefficient (Wildman–Crippen LogP) is 5.52. The smallest absolute Gasteiger partial charge is 0.324 e. The molecule has 7 heteroatoms. The molecule has 0 aliphatic carbocycles. The number of nitrogens with zero attached hydrogens (tertiary/aromatic N) is 1. The van der Waals surface area contributed by atoms with E-state index in [0.29, 0.717) is 16.7 Å². The zero-order valence-electron chi connectivity index (χ0n) is 19.9. The number of alkyl halides is 3.